The maximum atomic E-state index is 11.5. The van der Waals surface area contributed by atoms with Crippen LogP contribution in [0.3, 0.4) is 0 Å². The summed E-state index contributed by atoms with van der Waals surface area (Å²) in [5.41, 5.74) is 0. The summed E-state index contributed by atoms with van der Waals surface area (Å²) < 4.78 is 5.42. The van der Waals surface area contributed by atoms with Crippen molar-refractivity contribution >= 4 is 5.97 Å². The number of ether oxygens (including phenoxy) is 1. The van der Waals surface area contributed by atoms with E-state index in [9.17, 15) is 9.90 Å². The van der Waals surface area contributed by atoms with Crippen molar-refractivity contribution in [3.8, 4) is 0 Å². The molecule has 0 spiro atoms. The van der Waals surface area contributed by atoms with E-state index in [0.29, 0.717) is 12.0 Å². The first-order valence-corrected chi connectivity index (χ1v) is 7.17. The van der Waals surface area contributed by atoms with Crippen molar-refractivity contribution in [2.45, 2.75) is 51.6 Å². The van der Waals surface area contributed by atoms with Gasteiger partial charge in [-0.15, -0.1) is 0 Å². The first-order valence-electron chi connectivity index (χ1n) is 7.17. The van der Waals surface area contributed by atoms with Gasteiger partial charge in [-0.2, -0.15) is 0 Å². The molecule has 0 radical (unpaired) electrons. The number of nitrogens with zero attached hydrogens (tertiary/aromatic N) is 1. The molecule has 4 heteroatoms. The summed E-state index contributed by atoms with van der Waals surface area (Å²) in [4.78, 5) is 13.7. The number of carboxylic acids is 1. The van der Waals surface area contributed by atoms with Gasteiger partial charge >= 0.3 is 5.97 Å². The average Bonchev–Trinajstić information content (AvgIpc) is 2.78. The highest BCUT2D eigenvalue weighted by atomic mass is 16.5. The molecule has 0 aromatic rings. The molecule has 0 aromatic carbocycles. The van der Waals surface area contributed by atoms with E-state index < -0.39 is 5.97 Å². The quantitative estimate of drug-likeness (QED) is 0.834. The van der Waals surface area contributed by atoms with Gasteiger partial charge in [0.15, 0.2) is 0 Å². The van der Waals surface area contributed by atoms with Gasteiger partial charge in [-0.05, 0) is 44.1 Å². The molecule has 2 rings (SSSR count). The van der Waals surface area contributed by atoms with E-state index in [0.717, 1.165) is 45.4 Å². The van der Waals surface area contributed by atoms with Crippen LogP contribution in [0.25, 0.3) is 0 Å². The van der Waals surface area contributed by atoms with Crippen molar-refractivity contribution in [3.63, 3.8) is 0 Å². The van der Waals surface area contributed by atoms with E-state index in [2.05, 4.69) is 4.90 Å². The number of hydrogen-bond acceptors (Lipinski definition) is 3. The highest BCUT2D eigenvalue weighted by molar-refractivity contribution is 5.73. The van der Waals surface area contributed by atoms with Gasteiger partial charge in [0.05, 0.1) is 0 Å². The van der Waals surface area contributed by atoms with E-state index in [4.69, 9.17) is 4.74 Å². The Morgan fingerprint density at radius 3 is 2.50 bits per heavy atom. The van der Waals surface area contributed by atoms with Crippen LogP contribution in [0.4, 0.5) is 0 Å². The standard InChI is InChI=1S/C14H25NO3/c1-10(2)13(14(16)17)15-7-3-4-12(15)11-5-8-18-9-6-11/h10-13H,3-9H2,1-2H3,(H,16,17)/t12-,13+/m1/s1. The third-order valence-corrected chi connectivity index (χ3v) is 4.39. The first kappa shape index (κ1) is 13.8. The minimum atomic E-state index is -0.663. The lowest BCUT2D eigenvalue weighted by Crippen LogP contribution is -2.50. The Bertz CT molecular complexity index is 287. The highest BCUT2D eigenvalue weighted by Gasteiger charge is 2.40. The van der Waals surface area contributed by atoms with Crippen LogP contribution in [-0.4, -0.2) is 47.8 Å². The molecular weight excluding hydrogens is 230 g/mol. The molecule has 2 heterocycles. The van der Waals surface area contributed by atoms with E-state index in [1.54, 1.807) is 0 Å². The second-order valence-electron chi connectivity index (χ2n) is 5.92. The predicted octanol–water partition coefficient (Wildman–Crippen LogP) is 1.99. The Labute approximate surface area is 109 Å². The fraction of sp³-hybridized carbons (Fsp3) is 0.929. The summed E-state index contributed by atoms with van der Waals surface area (Å²) in [6.45, 7) is 6.65. The highest BCUT2D eigenvalue weighted by Crippen LogP contribution is 2.33. The molecule has 18 heavy (non-hydrogen) atoms. The molecule has 2 saturated heterocycles. The number of likely N-dealkylation sites (tertiary alicyclic amines) is 1. The van der Waals surface area contributed by atoms with Crippen molar-refractivity contribution in [2.75, 3.05) is 19.8 Å². The van der Waals surface area contributed by atoms with E-state index >= 15 is 0 Å². The van der Waals surface area contributed by atoms with Crippen LogP contribution >= 0.6 is 0 Å². The zero-order valence-electron chi connectivity index (χ0n) is 11.5. The van der Waals surface area contributed by atoms with Gasteiger partial charge in [-0.1, -0.05) is 13.8 Å². The van der Waals surface area contributed by atoms with Crippen LogP contribution in [0.15, 0.2) is 0 Å². The zero-order chi connectivity index (χ0) is 13.1. The minimum Gasteiger partial charge on any atom is -0.480 e. The maximum absolute atomic E-state index is 11.5. The van der Waals surface area contributed by atoms with Gasteiger partial charge in [0.1, 0.15) is 6.04 Å². The van der Waals surface area contributed by atoms with Crippen molar-refractivity contribution in [2.24, 2.45) is 11.8 Å². The second-order valence-corrected chi connectivity index (χ2v) is 5.92. The molecule has 2 aliphatic heterocycles. The van der Waals surface area contributed by atoms with Gasteiger partial charge in [-0.25, -0.2) is 0 Å². The number of carbonyl (C=O) groups is 1. The predicted molar refractivity (Wildman–Crippen MR) is 69.5 cm³/mol. The monoisotopic (exact) mass is 255 g/mol. The summed E-state index contributed by atoms with van der Waals surface area (Å²) in [5, 5.41) is 9.45. The van der Waals surface area contributed by atoms with Gasteiger partial charge < -0.3 is 9.84 Å². The summed E-state index contributed by atoms with van der Waals surface area (Å²) in [7, 11) is 0. The van der Waals surface area contributed by atoms with E-state index in [1.165, 1.54) is 0 Å². The average molecular weight is 255 g/mol. The maximum Gasteiger partial charge on any atom is 0.321 e. The fourth-order valence-corrected chi connectivity index (χ4v) is 3.58. The molecule has 0 aromatic heterocycles. The van der Waals surface area contributed by atoms with Crippen molar-refractivity contribution in [3.05, 3.63) is 0 Å². The lowest BCUT2D eigenvalue weighted by molar-refractivity contribution is -0.146. The van der Waals surface area contributed by atoms with Gasteiger partial charge in [0.2, 0.25) is 0 Å². The molecule has 104 valence electrons. The third-order valence-electron chi connectivity index (χ3n) is 4.39. The lowest BCUT2D eigenvalue weighted by Gasteiger charge is -2.38. The minimum absolute atomic E-state index is 0.169. The van der Waals surface area contributed by atoms with Crippen LogP contribution < -0.4 is 0 Å². The zero-order valence-corrected chi connectivity index (χ0v) is 11.5. The summed E-state index contributed by atoms with van der Waals surface area (Å²) in [5.74, 6) is 0.133. The van der Waals surface area contributed by atoms with Gasteiger partial charge in [0, 0.05) is 19.3 Å². The first-order chi connectivity index (χ1) is 8.61. The lowest BCUT2D eigenvalue weighted by atomic mass is 9.88. The molecule has 0 saturated carbocycles. The van der Waals surface area contributed by atoms with Crippen LogP contribution in [-0.2, 0) is 9.53 Å². The summed E-state index contributed by atoms with van der Waals surface area (Å²) in [6.07, 6.45) is 4.47. The SMILES string of the molecule is CC(C)[C@@H](C(=O)O)N1CCC[C@@H]1C1CCOCC1. The summed E-state index contributed by atoms with van der Waals surface area (Å²) >= 11 is 0. The molecule has 2 aliphatic rings. The molecule has 2 atom stereocenters. The van der Waals surface area contributed by atoms with Crippen LogP contribution in [0.1, 0.15) is 39.5 Å². The van der Waals surface area contributed by atoms with Crippen LogP contribution in [0.2, 0.25) is 0 Å². The van der Waals surface area contributed by atoms with Crippen LogP contribution in [0.5, 0.6) is 0 Å². The topological polar surface area (TPSA) is 49.8 Å². The Balaban J connectivity index is 2.07. The summed E-state index contributed by atoms with van der Waals surface area (Å²) in [6, 6.07) is 0.137. The number of aliphatic carboxylic acids is 1. The normalized spacial score (nSPS) is 28.7. The Morgan fingerprint density at radius 1 is 1.28 bits per heavy atom. The fourth-order valence-electron chi connectivity index (χ4n) is 3.58. The van der Waals surface area contributed by atoms with E-state index in [-0.39, 0.29) is 12.0 Å². The number of carboxylic acid groups (broad SMARTS) is 1. The van der Waals surface area contributed by atoms with Crippen molar-refractivity contribution in [1.29, 1.82) is 0 Å². The van der Waals surface area contributed by atoms with Crippen molar-refractivity contribution in [1.82, 2.24) is 4.90 Å². The largest absolute Gasteiger partial charge is 0.480 e. The third kappa shape index (κ3) is 2.86. The molecule has 0 aliphatic carbocycles. The molecule has 2 fully saturated rings. The van der Waals surface area contributed by atoms with Gasteiger partial charge in [0.25, 0.3) is 0 Å². The Kier molecular flexibility index (Phi) is 4.62. The van der Waals surface area contributed by atoms with Gasteiger partial charge in [-0.3, -0.25) is 9.69 Å². The number of hydrogen-bond donors (Lipinski definition) is 1. The van der Waals surface area contributed by atoms with Crippen molar-refractivity contribution < 1.29 is 14.6 Å². The molecule has 0 amide bonds. The smallest absolute Gasteiger partial charge is 0.321 e. The molecular formula is C14H25NO3. The Morgan fingerprint density at radius 2 is 1.94 bits per heavy atom. The molecule has 0 bridgehead atoms. The molecule has 4 nitrogen and oxygen atoms in total. The Hall–Kier alpha value is -0.610. The molecule has 0 unspecified atom stereocenters. The van der Waals surface area contributed by atoms with Crippen LogP contribution in [0, 0.1) is 11.8 Å². The second kappa shape index (κ2) is 6.02. The van der Waals surface area contributed by atoms with E-state index in [1.807, 2.05) is 13.8 Å². The molecule has 1 N–H and O–H groups in total. The number of rotatable bonds is 4.